The molecule has 2 aromatic rings. The van der Waals surface area contributed by atoms with Crippen LogP contribution in [-0.2, 0) is 0 Å². The Balaban J connectivity index is 1.71. The number of nitrogens with one attached hydrogen (secondary N) is 1. The van der Waals surface area contributed by atoms with E-state index in [4.69, 9.17) is 4.74 Å². The highest BCUT2D eigenvalue weighted by molar-refractivity contribution is 7.99. The van der Waals surface area contributed by atoms with Gasteiger partial charge in [-0.05, 0) is 50.2 Å². The standard InChI is InChI=1S/C18H23NOS/c1-15(19-2)16-8-6-11-18(14-16)21-13-7-12-20-17-9-4-3-5-10-17/h3-6,8-11,14-15,19H,7,12-13H2,1-2H3. The Morgan fingerprint density at radius 3 is 2.67 bits per heavy atom. The molecule has 2 aromatic carbocycles. The monoisotopic (exact) mass is 301 g/mol. The Morgan fingerprint density at radius 2 is 1.90 bits per heavy atom. The van der Waals surface area contributed by atoms with Gasteiger partial charge in [-0.15, -0.1) is 11.8 Å². The Labute approximate surface area is 131 Å². The second kappa shape index (κ2) is 8.75. The predicted molar refractivity (Wildman–Crippen MR) is 91.2 cm³/mol. The molecule has 1 N–H and O–H groups in total. The van der Waals surface area contributed by atoms with Crippen LogP contribution in [0.4, 0.5) is 0 Å². The summed E-state index contributed by atoms with van der Waals surface area (Å²) in [4.78, 5) is 1.33. The van der Waals surface area contributed by atoms with E-state index in [1.165, 1.54) is 10.5 Å². The minimum absolute atomic E-state index is 0.395. The van der Waals surface area contributed by atoms with Crippen LogP contribution in [0.1, 0.15) is 24.9 Å². The van der Waals surface area contributed by atoms with Gasteiger partial charge >= 0.3 is 0 Å². The van der Waals surface area contributed by atoms with Crippen LogP contribution in [0, 0.1) is 0 Å². The van der Waals surface area contributed by atoms with Gasteiger partial charge in [0.2, 0.25) is 0 Å². The fourth-order valence-corrected chi connectivity index (χ4v) is 2.89. The summed E-state index contributed by atoms with van der Waals surface area (Å²) in [6.07, 6.45) is 1.05. The molecule has 3 heteroatoms. The van der Waals surface area contributed by atoms with Crippen LogP contribution >= 0.6 is 11.8 Å². The third kappa shape index (κ3) is 5.44. The van der Waals surface area contributed by atoms with E-state index in [1.54, 1.807) is 0 Å². The molecule has 112 valence electrons. The minimum atomic E-state index is 0.395. The summed E-state index contributed by atoms with van der Waals surface area (Å²) in [5.41, 5.74) is 1.34. The van der Waals surface area contributed by atoms with Gasteiger partial charge < -0.3 is 10.1 Å². The molecule has 0 aromatic heterocycles. The van der Waals surface area contributed by atoms with Gasteiger partial charge in [0, 0.05) is 16.7 Å². The molecule has 0 aliphatic rings. The fourth-order valence-electron chi connectivity index (χ4n) is 2.00. The summed E-state index contributed by atoms with van der Waals surface area (Å²) in [6.45, 7) is 2.95. The van der Waals surface area contributed by atoms with Gasteiger partial charge in [0.1, 0.15) is 5.75 Å². The van der Waals surface area contributed by atoms with E-state index in [-0.39, 0.29) is 0 Å². The van der Waals surface area contributed by atoms with Gasteiger partial charge in [0.15, 0.2) is 0 Å². The van der Waals surface area contributed by atoms with Gasteiger partial charge in [-0.2, -0.15) is 0 Å². The number of hydrogen-bond acceptors (Lipinski definition) is 3. The molecule has 21 heavy (non-hydrogen) atoms. The van der Waals surface area contributed by atoms with E-state index in [2.05, 4.69) is 36.5 Å². The molecule has 0 fully saturated rings. The quantitative estimate of drug-likeness (QED) is 0.572. The molecule has 0 amide bonds. The van der Waals surface area contributed by atoms with Crippen molar-refractivity contribution in [3.8, 4) is 5.75 Å². The van der Waals surface area contributed by atoms with E-state index < -0.39 is 0 Å². The summed E-state index contributed by atoms with van der Waals surface area (Å²) in [6, 6.07) is 19.1. The first-order valence-corrected chi connectivity index (χ1v) is 8.36. The highest BCUT2D eigenvalue weighted by atomic mass is 32.2. The molecule has 0 saturated carbocycles. The first-order chi connectivity index (χ1) is 10.3. The maximum atomic E-state index is 5.70. The van der Waals surface area contributed by atoms with E-state index in [0.29, 0.717) is 6.04 Å². The van der Waals surface area contributed by atoms with E-state index in [9.17, 15) is 0 Å². The summed E-state index contributed by atoms with van der Waals surface area (Å²) < 4.78 is 5.70. The molecule has 1 unspecified atom stereocenters. The number of hydrogen-bond donors (Lipinski definition) is 1. The molecule has 1 atom stereocenters. The third-order valence-corrected chi connectivity index (χ3v) is 4.44. The van der Waals surface area contributed by atoms with Crippen molar-refractivity contribution in [2.75, 3.05) is 19.4 Å². The Hall–Kier alpha value is -1.45. The molecule has 0 saturated heterocycles. The molecule has 0 spiro atoms. The first-order valence-electron chi connectivity index (χ1n) is 7.37. The zero-order valence-corrected chi connectivity index (χ0v) is 13.5. The van der Waals surface area contributed by atoms with Crippen LogP contribution in [0.15, 0.2) is 59.5 Å². The lowest BCUT2D eigenvalue weighted by atomic mass is 10.1. The Kier molecular flexibility index (Phi) is 6.64. The second-order valence-electron chi connectivity index (χ2n) is 4.95. The van der Waals surface area contributed by atoms with Crippen LogP contribution in [0.2, 0.25) is 0 Å². The minimum Gasteiger partial charge on any atom is -0.494 e. The van der Waals surface area contributed by atoms with Crippen LogP contribution in [-0.4, -0.2) is 19.4 Å². The fraction of sp³-hybridized carbons (Fsp3) is 0.333. The summed E-state index contributed by atoms with van der Waals surface area (Å²) >= 11 is 1.89. The number of ether oxygens (including phenoxy) is 1. The molecule has 0 aliphatic heterocycles. The van der Waals surface area contributed by atoms with E-state index in [1.807, 2.05) is 49.1 Å². The Morgan fingerprint density at radius 1 is 1.10 bits per heavy atom. The van der Waals surface area contributed by atoms with Gasteiger partial charge in [0.05, 0.1) is 6.61 Å². The molecule has 0 radical (unpaired) electrons. The highest BCUT2D eigenvalue weighted by Gasteiger charge is 2.03. The molecule has 2 rings (SSSR count). The molecular weight excluding hydrogens is 278 g/mol. The van der Waals surface area contributed by atoms with Crippen LogP contribution in [0.5, 0.6) is 5.75 Å². The largest absolute Gasteiger partial charge is 0.494 e. The summed E-state index contributed by atoms with van der Waals surface area (Å²) in [5.74, 6) is 2.02. The van der Waals surface area contributed by atoms with Crippen molar-refractivity contribution in [2.24, 2.45) is 0 Å². The van der Waals surface area contributed by atoms with Crippen molar-refractivity contribution in [1.82, 2.24) is 5.32 Å². The average molecular weight is 301 g/mol. The second-order valence-corrected chi connectivity index (χ2v) is 6.11. The number of thioether (sulfide) groups is 1. The van der Waals surface area contributed by atoms with Crippen molar-refractivity contribution in [3.05, 3.63) is 60.2 Å². The maximum Gasteiger partial charge on any atom is 0.119 e. The summed E-state index contributed by atoms with van der Waals surface area (Å²) in [5, 5.41) is 3.27. The SMILES string of the molecule is CNC(C)c1cccc(SCCCOc2ccccc2)c1. The summed E-state index contributed by atoms with van der Waals surface area (Å²) in [7, 11) is 1.99. The zero-order chi connectivity index (χ0) is 14.9. The van der Waals surface area contributed by atoms with Crippen molar-refractivity contribution >= 4 is 11.8 Å². The maximum absolute atomic E-state index is 5.70. The first kappa shape index (κ1) is 15.9. The normalized spacial score (nSPS) is 12.1. The predicted octanol–water partition coefficient (Wildman–Crippen LogP) is 4.53. The number of para-hydroxylation sites is 1. The zero-order valence-electron chi connectivity index (χ0n) is 12.7. The van der Waals surface area contributed by atoms with Crippen molar-refractivity contribution in [3.63, 3.8) is 0 Å². The Bertz CT molecular complexity index is 530. The van der Waals surface area contributed by atoms with Crippen molar-refractivity contribution in [2.45, 2.75) is 24.3 Å². The van der Waals surface area contributed by atoms with Gasteiger partial charge in [-0.3, -0.25) is 0 Å². The number of rotatable bonds is 8. The molecule has 0 heterocycles. The van der Waals surface area contributed by atoms with Gasteiger partial charge in [-0.1, -0.05) is 30.3 Å². The van der Waals surface area contributed by atoms with Crippen molar-refractivity contribution < 1.29 is 4.74 Å². The molecule has 0 aliphatic carbocycles. The van der Waals surface area contributed by atoms with Crippen LogP contribution in [0.3, 0.4) is 0 Å². The van der Waals surface area contributed by atoms with Crippen LogP contribution in [0.25, 0.3) is 0 Å². The third-order valence-electron chi connectivity index (χ3n) is 3.36. The lowest BCUT2D eigenvalue weighted by molar-refractivity contribution is 0.319. The highest BCUT2D eigenvalue weighted by Crippen LogP contribution is 2.23. The van der Waals surface area contributed by atoms with Crippen molar-refractivity contribution in [1.29, 1.82) is 0 Å². The molecule has 0 bridgehead atoms. The van der Waals surface area contributed by atoms with E-state index in [0.717, 1.165) is 24.5 Å². The van der Waals surface area contributed by atoms with Gasteiger partial charge in [0.25, 0.3) is 0 Å². The smallest absolute Gasteiger partial charge is 0.119 e. The van der Waals surface area contributed by atoms with E-state index >= 15 is 0 Å². The average Bonchev–Trinajstić information content (AvgIpc) is 2.55. The number of benzene rings is 2. The molecular formula is C18H23NOS. The van der Waals surface area contributed by atoms with Gasteiger partial charge in [-0.25, -0.2) is 0 Å². The molecule has 2 nitrogen and oxygen atoms in total. The lowest BCUT2D eigenvalue weighted by Gasteiger charge is -2.12. The lowest BCUT2D eigenvalue weighted by Crippen LogP contribution is -2.12. The van der Waals surface area contributed by atoms with Crippen LogP contribution < -0.4 is 10.1 Å². The topological polar surface area (TPSA) is 21.3 Å².